The summed E-state index contributed by atoms with van der Waals surface area (Å²) in [4.78, 5) is 2.31. The number of anilines is 1. The van der Waals surface area contributed by atoms with Crippen LogP contribution in [0.2, 0.25) is 0 Å². The van der Waals surface area contributed by atoms with Crippen molar-refractivity contribution in [2.75, 3.05) is 25.9 Å². The molecule has 0 aromatic heterocycles. The standard InChI is InChI=1S/C14H22N2O/c1-10(2)9-17-14-7-12(15)6-11-8-16(3)5-4-13(11)14/h6-7,10H,4-5,8-9,15H2,1-3H3. The summed E-state index contributed by atoms with van der Waals surface area (Å²) in [7, 11) is 2.14. The average molecular weight is 234 g/mol. The molecule has 0 amide bonds. The van der Waals surface area contributed by atoms with Crippen LogP contribution in [0.1, 0.15) is 25.0 Å². The molecule has 0 atom stereocenters. The highest BCUT2D eigenvalue weighted by Gasteiger charge is 2.18. The Hall–Kier alpha value is -1.22. The highest BCUT2D eigenvalue weighted by atomic mass is 16.5. The van der Waals surface area contributed by atoms with Gasteiger partial charge in [-0.15, -0.1) is 0 Å². The van der Waals surface area contributed by atoms with E-state index in [-0.39, 0.29) is 0 Å². The molecule has 2 rings (SSSR count). The molecule has 1 aliphatic heterocycles. The lowest BCUT2D eigenvalue weighted by atomic mass is 9.98. The Kier molecular flexibility index (Phi) is 3.57. The van der Waals surface area contributed by atoms with Crippen molar-refractivity contribution in [2.24, 2.45) is 5.92 Å². The van der Waals surface area contributed by atoms with Crippen molar-refractivity contribution in [3.63, 3.8) is 0 Å². The maximum Gasteiger partial charge on any atom is 0.124 e. The van der Waals surface area contributed by atoms with Crippen LogP contribution >= 0.6 is 0 Å². The number of ether oxygens (including phenoxy) is 1. The molecule has 0 saturated carbocycles. The number of benzene rings is 1. The number of hydrogen-bond acceptors (Lipinski definition) is 3. The molecule has 0 bridgehead atoms. The zero-order chi connectivity index (χ0) is 12.4. The second-order valence-corrected chi connectivity index (χ2v) is 5.35. The molecular weight excluding hydrogens is 212 g/mol. The van der Waals surface area contributed by atoms with Gasteiger partial charge >= 0.3 is 0 Å². The second-order valence-electron chi connectivity index (χ2n) is 5.35. The number of nitrogens with two attached hydrogens (primary N) is 1. The average Bonchev–Trinajstić information content (AvgIpc) is 2.24. The zero-order valence-corrected chi connectivity index (χ0v) is 11.0. The summed E-state index contributed by atoms with van der Waals surface area (Å²) in [5, 5.41) is 0. The number of rotatable bonds is 3. The summed E-state index contributed by atoms with van der Waals surface area (Å²) in [6.45, 7) is 7.14. The minimum Gasteiger partial charge on any atom is -0.493 e. The van der Waals surface area contributed by atoms with Crippen LogP contribution < -0.4 is 10.5 Å². The fourth-order valence-corrected chi connectivity index (χ4v) is 2.21. The number of likely N-dealkylation sites (N-methyl/N-ethyl adjacent to an activating group) is 1. The molecule has 3 nitrogen and oxygen atoms in total. The molecule has 3 heteroatoms. The minimum absolute atomic E-state index is 0.540. The molecule has 17 heavy (non-hydrogen) atoms. The number of nitrogen functional groups attached to an aromatic ring is 1. The first-order valence-electron chi connectivity index (χ1n) is 6.29. The fraction of sp³-hybridized carbons (Fsp3) is 0.571. The predicted molar refractivity (Wildman–Crippen MR) is 71.2 cm³/mol. The van der Waals surface area contributed by atoms with Crippen molar-refractivity contribution in [1.82, 2.24) is 4.90 Å². The summed E-state index contributed by atoms with van der Waals surface area (Å²) in [5.41, 5.74) is 9.40. The summed E-state index contributed by atoms with van der Waals surface area (Å²) in [6, 6.07) is 4.04. The van der Waals surface area contributed by atoms with Gasteiger partial charge in [-0.05, 0) is 31.0 Å². The van der Waals surface area contributed by atoms with E-state index in [0.717, 1.165) is 37.6 Å². The van der Waals surface area contributed by atoms with Gasteiger partial charge in [0.25, 0.3) is 0 Å². The molecule has 0 unspecified atom stereocenters. The van der Waals surface area contributed by atoms with Crippen molar-refractivity contribution in [1.29, 1.82) is 0 Å². The van der Waals surface area contributed by atoms with Crippen LogP contribution in [0.5, 0.6) is 5.75 Å². The highest BCUT2D eigenvalue weighted by molar-refractivity contribution is 5.54. The molecule has 1 aromatic carbocycles. The van der Waals surface area contributed by atoms with E-state index in [1.807, 2.05) is 6.07 Å². The van der Waals surface area contributed by atoms with Crippen LogP contribution in [0.25, 0.3) is 0 Å². The maximum absolute atomic E-state index is 5.94. The number of hydrogen-bond donors (Lipinski definition) is 1. The lowest BCUT2D eigenvalue weighted by Crippen LogP contribution is -2.27. The van der Waals surface area contributed by atoms with Crippen molar-refractivity contribution >= 4 is 5.69 Å². The first kappa shape index (κ1) is 12.2. The van der Waals surface area contributed by atoms with Crippen molar-refractivity contribution in [2.45, 2.75) is 26.8 Å². The molecule has 94 valence electrons. The lowest BCUT2D eigenvalue weighted by molar-refractivity contribution is 0.260. The SMILES string of the molecule is CC(C)COc1cc(N)cc2c1CCN(C)C2. The molecule has 0 spiro atoms. The van der Waals surface area contributed by atoms with Crippen molar-refractivity contribution in [3.8, 4) is 5.75 Å². The van der Waals surface area contributed by atoms with E-state index in [1.54, 1.807) is 0 Å². The fourth-order valence-electron chi connectivity index (χ4n) is 2.21. The third-order valence-electron chi connectivity index (χ3n) is 3.08. The zero-order valence-electron chi connectivity index (χ0n) is 11.0. The normalized spacial score (nSPS) is 16.0. The Morgan fingerprint density at radius 3 is 2.88 bits per heavy atom. The smallest absolute Gasteiger partial charge is 0.124 e. The summed E-state index contributed by atoms with van der Waals surface area (Å²) >= 11 is 0. The molecule has 1 heterocycles. The van der Waals surface area contributed by atoms with Gasteiger partial charge in [-0.25, -0.2) is 0 Å². The Morgan fingerprint density at radius 1 is 1.41 bits per heavy atom. The Labute approximate surface area is 104 Å². The molecular formula is C14H22N2O. The van der Waals surface area contributed by atoms with E-state index < -0.39 is 0 Å². The third kappa shape index (κ3) is 2.91. The van der Waals surface area contributed by atoms with Gasteiger partial charge in [0.2, 0.25) is 0 Å². The Bertz CT molecular complexity index is 401. The monoisotopic (exact) mass is 234 g/mol. The molecule has 1 aromatic rings. The summed E-state index contributed by atoms with van der Waals surface area (Å²) in [5.74, 6) is 1.53. The largest absolute Gasteiger partial charge is 0.493 e. The van der Waals surface area contributed by atoms with Gasteiger partial charge in [0.05, 0.1) is 6.61 Å². The molecule has 0 saturated heterocycles. The quantitative estimate of drug-likeness (QED) is 0.816. The van der Waals surface area contributed by atoms with Crippen LogP contribution in [-0.4, -0.2) is 25.1 Å². The van der Waals surface area contributed by atoms with Crippen molar-refractivity contribution < 1.29 is 4.74 Å². The lowest BCUT2D eigenvalue weighted by Gasteiger charge is -2.27. The van der Waals surface area contributed by atoms with Crippen LogP contribution in [0.15, 0.2) is 12.1 Å². The van der Waals surface area contributed by atoms with E-state index in [2.05, 4.69) is 31.9 Å². The van der Waals surface area contributed by atoms with Gasteiger partial charge in [0.15, 0.2) is 0 Å². The van der Waals surface area contributed by atoms with Crippen LogP contribution in [0.3, 0.4) is 0 Å². The first-order valence-corrected chi connectivity index (χ1v) is 6.29. The predicted octanol–water partition coefficient (Wildman–Crippen LogP) is 2.29. The Morgan fingerprint density at radius 2 is 2.18 bits per heavy atom. The van der Waals surface area contributed by atoms with Gasteiger partial charge in [-0.3, -0.25) is 0 Å². The van der Waals surface area contributed by atoms with E-state index in [1.165, 1.54) is 11.1 Å². The molecule has 1 aliphatic rings. The van der Waals surface area contributed by atoms with Gasteiger partial charge in [0, 0.05) is 30.4 Å². The molecule has 0 radical (unpaired) electrons. The number of nitrogens with zero attached hydrogens (tertiary/aromatic N) is 1. The van der Waals surface area contributed by atoms with E-state index >= 15 is 0 Å². The Balaban J connectivity index is 2.25. The minimum atomic E-state index is 0.540. The third-order valence-corrected chi connectivity index (χ3v) is 3.08. The van der Waals surface area contributed by atoms with Gasteiger partial charge in [0.1, 0.15) is 5.75 Å². The number of fused-ring (bicyclic) bond motifs is 1. The van der Waals surface area contributed by atoms with Crippen LogP contribution in [0, 0.1) is 5.92 Å². The highest BCUT2D eigenvalue weighted by Crippen LogP contribution is 2.30. The van der Waals surface area contributed by atoms with E-state index in [9.17, 15) is 0 Å². The van der Waals surface area contributed by atoms with E-state index in [4.69, 9.17) is 10.5 Å². The topological polar surface area (TPSA) is 38.5 Å². The second kappa shape index (κ2) is 4.96. The summed E-state index contributed by atoms with van der Waals surface area (Å²) < 4.78 is 5.88. The maximum atomic E-state index is 5.94. The summed E-state index contributed by atoms with van der Waals surface area (Å²) in [6.07, 6.45) is 1.06. The van der Waals surface area contributed by atoms with Gasteiger partial charge in [-0.2, -0.15) is 0 Å². The van der Waals surface area contributed by atoms with Crippen LogP contribution in [-0.2, 0) is 13.0 Å². The molecule has 0 fully saturated rings. The van der Waals surface area contributed by atoms with Gasteiger partial charge in [-0.1, -0.05) is 13.8 Å². The van der Waals surface area contributed by atoms with Crippen LogP contribution in [0.4, 0.5) is 5.69 Å². The van der Waals surface area contributed by atoms with E-state index in [0.29, 0.717) is 5.92 Å². The molecule has 2 N–H and O–H groups in total. The molecule has 0 aliphatic carbocycles. The first-order chi connectivity index (χ1) is 8.06. The van der Waals surface area contributed by atoms with Gasteiger partial charge < -0.3 is 15.4 Å². The van der Waals surface area contributed by atoms with Crippen molar-refractivity contribution in [3.05, 3.63) is 23.3 Å².